The monoisotopic (exact) mass is 280 g/mol. The van der Waals surface area contributed by atoms with E-state index in [1.807, 2.05) is 6.07 Å². The van der Waals surface area contributed by atoms with Gasteiger partial charge in [0.2, 0.25) is 0 Å². The van der Waals surface area contributed by atoms with Crippen molar-refractivity contribution < 1.29 is 4.52 Å². The van der Waals surface area contributed by atoms with E-state index in [-0.39, 0.29) is 0 Å². The van der Waals surface area contributed by atoms with Gasteiger partial charge in [0.1, 0.15) is 12.0 Å². The number of nitrogens with zero attached hydrogens (tertiary/aromatic N) is 2. The van der Waals surface area contributed by atoms with Crippen molar-refractivity contribution in [1.82, 2.24) is 15.8 Å². The summed E-state index contributed by atoms with van der Waals surface area (Å²) in [5.74, 6) is 0.846. The minimum atomic E-state index is 0.432. The van der Waals surface area contributed by atoms with Gasteiger partial charge in [-0.3, -0.25) is 0 Å². The number of hydrogen-bond acceptors (Lipinski definition) is 3. The van der Waals surface area contributed by atoms with Crippen molar-refractivity contribution in [2.45, 2.75) is 65.5 Å². The first-order chi connectivity index (χ1) is 9.76. The van der Waals surface area contributed by atoms with Gasteiger partial charge in [0, 0.05) is 18.7 Å². The second-order valence-electron chi connectivity index (χ2n) is 5.08. The normalized spacial score (nSPS) is 13.2. The van der Waals surface area contributed by atoms with Crippen LogP contribution in [0.4, 0.5) is 0 Å². The zero-order chi connectivity index (χ0) is 14.6. The van der Waals surface area contributed by atoms with E-state index in [0.29, 0.717) is 12.6 Å². The molecule has 0 aliphatic heterocycles. The minimum Gasteiger partial charge on any atom is -0.364 e. The van der Waals surface area contributed by atoms with E-state index in [2.05, 4.69) is 41.6 Å². The van der Waals surface area contributed by atoms with Crippen molar-refractivity contribution in [1.29, 1.82) is 0 Å². The SMILES string of the molecule is CCCCCCC(C)NC(=NCc1ccon1)NCC. The van der Waals surface area contributed by atoms with Gasteiger partial charge in [0.05, 0.1) is 6.54 Å². The molecule has 1 unspecified atom stereocenters. The van der Waals surface area contributed by atoms with Crippen molar-refractivity contribution in [3.63, 3.8) is 0 Å². The molecule has 1 aromatic rings. The smallest absolute Gasteiger partial charge is 0.191 e. The quantitative estimate of drug-likeness (QED) is 0.414. The summed E-state index contributed by atoms with van der Waals surface area (Å²) in [7, 11) is 0. The molecule has 0 fully saturated rings. The molecule has 114 valence electrons. The van der Waals surface area contributed by atoms with E-state index < -0.39 is 0 Å². The first-order valence-corrected chi connectivity index (χ1v) is 7.70. The summed E-state index contributed by atoms with van der Waals surface area (Å²) in [4.78, 5) is 4.51. The van der Waals surface area contributed by atoms with Crippen LogP contribution in [0.5, 0.6) is 0 Å². The lowest BCUT2D eigenvalue weighted by Crippen LogP contribution is -2.42. The van der Waals surface area contributed by atoms with Gasteiger partial charge in [0.25, 0.3) is 0 Å². The van der Waals surface area contributed by atoms with Gasteiger partial charge in [-0.25, -0.2) is 4.99 Å². The third-order valence-corrected chi connectivity index (χ3v) is 3.11. The Morgan fingerprint density at radius 3 is 2.85 bits per heavy atom. The van der Waals surface area contributed by atoms with Crippen molar-refractivity contribution in [2.75, 3.05) is 6.54 Å². The lowest BCUT2D eigenvalue weighted by molar-refractivity contribution is 0.412. The third-order valence-electron chi connectivity index (χ3n) is 3.11. The Bertz CT molecular complexity index is 362. The highest BCUT2D eigenvalue weighted by molar-refractivity contribution is 5.79. The molecule has 1 heterocycles. The fraction of sp³-hybridized carbons (Fsp3) is 0.733. The lowest BCUT2D eigenvalue weighted by Gasteiger charge is -2.17. The van der Waals surface area contributed by atoms with Gasteiger partial charge in [-0.1, -0.05) is 37.8 Å². The number of guanidine groups is 1. The average Bonchev–Trinajstić information content (AvgIpc) is 2.94. The lowest BCUT2D eigenvalue weighted by atomic mass is 10.1. The summed E-state index contributed by atoms with van der Waals surface area (Å²) in [6.07, 6.45) is 7.94. The van der Waals surface area contributed by atoms with Crippen LogP contribution in [0, 0.1) is 0 Å². The van der Waals surface area contributed by atoms with Gasteiger partial charge in [0.15, 0.2) is 5.96 Å². The van der Waals surface area contributed by atoms with Crippen molar-refractivity contribution >= 4 is 5.96 Å². The predicted molar refractivity (Wildman–Crippen MR) is 82.7 cm³/mol. The predicted octanol–water partition coefficient (Wildman–Crippen LogP) is 3.09. The molecule has 20 heavy (non-hydrogen) atoms. The van der Waals surface area contributed by atoms with Gasteiger partial charge >= 0.3 is 0 Å². The number of nitrogens with one attached hydrogen (secondary N) is 2. The maximum Gasteiger partial charge on any atom is 0.191 e. The first-order valence-electron chi connectivity index (χ1n) is 7.70. The molecule has 0 spiro atoms. The van der Waals surface area contributed by atoms with E-state index in [1.165, 1.54) is 32.1 Å². The van der Waals surface area contributed by atoms with E-state index in [0.717, 1.165) is 18.2 Å². The number of hydrogen-bond donors (Lipinski definition) is 2. The van der Waals surface area contributed by atoms with Crippen LogP contribution in [0.2, 0.25) is 0 Å². The molecule has 5 nitrogen and oxygen atoms in total. The number of unbranched alkanes of at least 4 members (excludes halogenated alkanes) is 3. The second kappa shape index (κ2) is 10.3. The Hall–Kier alpha value is -1.52. The molecule has 2 N–H and O–H groups in total. The van der Waals surface area contributed by atoms with Gasteiger partial charge in [-0.2, -0.15) is 0 Å². The van der Waals surface area contributed by atoms with E-state index >= 15 is 0 Å². The van der Waals surface area contributed by atoms with Crippen molar-refractivity contribution in [3.8, 4) is 0 Å². The van der Waals surface area contributed by atoms with Crippen molar-refractivity contribution in [2.24, 2.45) is 4.99 Å². The Morgan fingerprint density at radius 1 is 1.35 bits per heavy atom. The molecule has 1 rings (SSSR count). The molecule has 1 aromatic heterocycles. The highest BCUT2D eigenvalue weighted by Crippen LogP contribution is 2.05. The van der Waals surface area contributed by atoms with Crippen LogP contribution in [0.1, 0.15) is 58.6 Å². The topological polar surface area (TPSA) is 62.5 Å². The summed E-state index contributed by atoms with van der Waals surface area (Å²) in [5.41, 5.74) is 0.845. The Labute approximate surface area is 122 Å². The number of rotatable bonds is 9. The van der Waals surface area contributed by atoms with Crippen LogP contribution in [0.15, 0.2) is 21.8 Å². The summed E-state index contributed by atoms with van der Waals surface area (Å²) < 4.78 is 4.80. The van der Waals surface area contributed by atoms with Crippen molar-refractivity contribution in [3.05, 3.63) is 18.0 Å². The Kier molecular flexibility index (Phi) is 8.51. The molecule has 0 aromatic carbocycles. The minimum absolute atomic E-state index is 0.432. The average molecular weight is 280 g/mol. The molecule has 0 saturated carbocycles. The maximum atomic E-state index is 4.80. The van der Waals surface area contributed by atoms with Gasteiger partial charge in [-0.05, 0) is 20.3 Å². The summed E-state index contributed by atoms with van der Waals surface area (Å²) in [6, 6.07) is 2.27. The first kappa shape index (κ1) is 16.5. The molecule has 0 aliphatic carbocycles. The van der Waals surface area contributed by atoms with E-state index in [4.69, 9.17) is 4.52 Å². The number of aromatic nitrogens is 1. The summed E-state index contributed by atoms with van der Waals surface area (Å²) in [5, 5.41) is 10.6. The Morgan fingerprint density at radius 2 is 2.20 bits per heavy atom. The van der Waals surface area contributed by atoms with Crippen LogP contribution in [-0.4, -0.2) is 23.7 Å². The van der Waals surface area contributed by atoms with Gasteiger partial charge < -0.3 is 15.2 Å². The van der Waals surface area contributed by atoms with E-state index in [9.17, 15) is 0 Å². The highest BCUT2D eigenvalue weighted by atomic mass is 16.5. The summed E-state index contributed by atoms with van der Waals surface area (Å²) in [6.45, 7) is 7.90. The molecule has 0 amide bonds. The molecule has 0 aliphatic rings. The van der Waals surface area contributed by atoms with Crippen LogP contribution in [-0.2, 0) is 6.54 Å². The standard InChI is InChI=1S/C15H28N4O/c1-4-6-7-8-9-13(3)18-15(16-5-2)17-12-14-10-11-20-19-14/h10-11,13H,4-9,12H2,1-3H3,(H2,16,17,18). The fourth-order valence-electron chi connectivity index (χ4n) is 1.98. The molecule has 5 heteroatoms. The van der Waals surface area contributed by atoms with Gasteiger partial charge in [-0.15, -0.1) is 0 Å². The fourth-order valence-corrected chi connectivity index (χ4v) is 1.98. The molecule has 0 bridgehead atoms. The molecular formula is C15H28N4O. The zero-order valence-corrected chi connectivity index (χ0v) is 13.0. The maximum absolute atomic E-state index is 4.80. The van der Waals surface area contributed by atoms with Crippen LogP contribution in [0.3, 0.4) is 0 Å². The highest BCUT2D eigenvalue weighted by Gasteiger charge is 2.05. The second-order valence-corrected chi connectivity index (χ2v) is 5.08. The summed E-state index contributed by atoms with van der Waals surface area (Å²) >= 11 is 0. The van der Waals surface area contributed by atoms with Crippen LogP contribution in [0.25, 0.3) is 0 Å². The largest absolute Gasteiger partial charge is 0.364 e. The van der Waals surface area contributed by atoms with Crippen LogP contribution < -0.4 is 10.6 Å². The Balaban J connectivity index is 2.35. The molecule has 0 radical (unpaired) electrons. The third kappa shape index (κ3) is 7.16. The molecule has 1 atom stereocenters. The molecule has 0 saturated heterocycles. The van der Waals surface area contributed by atoms with E-state index in [1.54, 1.807) is 6.26 Å². The zero-order valence-electron chi connectivity index (χ0n) is 13.0. The molecular weight excluding hydrogens is 252 g/mol. The number of aliphatic imine (C=N–C) groups is 1. The van der Waals surface area contributed by atoms with Crippen LogP contribution >= 0.6 is 0 Å².